The van der Waals surface area contributed by atoms with Crippen molar-refractivity contribution >= 4 is 5.96 Å². The molecule has 0 aliphatic carbocycles. The number of guanidine groups is 1. The molecule has 1 aliphatic rings. The van der Waals surface area contributed by atoms with Crippen LogP contribution >= 0.6 is 0 Å². The fourth-order valence-corrected chi connectivity index (χ4v) is 2.95. The Morgan fingerprint density at radius 1 is 1.37 bits per heavy atom. The molecule has 1 fully saturated rings. The molecule has 1 aromatic carbocycles. The largest absolute Gasteiger partial charge is 0.376 e. The molecule has 1 aliphatic heterocycles. The van der Waals surface area contributed by atoms with E-state index in [1.807, 2.05) is 24.6 Å². The molecule has 0 spiro atoms. The number of nitrogens with zero attached hydrogens (tertiary/aromatic N) is 4. The van der Waals surface area contributed by atoms with Crippen molar-refractivity contribution in [3.63, 3.8) is 0 Å². The molecule has 7 nitrogen and oxygen atoms in total. The Morgan fingerprint density at radius 3 is 2.96 bits per heavy atom. The maximum absolute atomic E-state index is 13.3. The van der Waals surface area contributed by atoms with Crippen LogP contribution in [0.4, 0.5) is 4.39 Å². The van der Waals surface area contributed by atoms with Gasteiger partial charge in [-0.3, -0.25) is 0 Å². The zero-order valence-corrected chi connectivity index (χ0v) is 15.9. The first-order valence-corrected chi connectivity index (χ1v) is 9.35. The van der Waals surface area contributed by atoms with E-state index in [9.17, 15) is 4.39 Å². The van der Waals surface area contributed by atoms with Gasteiger partial charge in [0.15, 0.2) is 11.8 Å². The lowest BCUT2D eigenvalue weighted by Crippen LogP contribution is -2.42. The first-order chi connectivity index (χ1) is 13.1. The van der Waals surface area contributed by atoms with Crippen molar-refractivity contribution in [1.29, 1.82) is 0 Å². The number of rotatable bonds is 7. The van der Waals surface area contributed by atoms with Crippen molar-refractivity contribution in [2.75, 3.05) is 19.7 Å². The molecule has 0 amide bonds. The zero-order valence-electron chi connectivity index (χ0n) is 15.9. The van der Waals surface area contributed by atoms with Gasteiger partial charge in [0.05, 0.1) is 6.10 Å². The predicted octanol–water partition coefficient (Wildman–Crippen LogP) is 1.72. The van der Waals surface area contributed by atoms with Crippen LogP contribution in [0, 0.1) is 12.7 Å². The maximum atomic E-state index is 13.3. The van der Waals surface area contributed by atoms with Gasteiger partial charge in [-0.2, -0.15) is 0 Å². The van der Waals surface area contributed by atoms with E-state index in [4.69, 9.17) is 4.74 Å². The van der Waals surface area contributed by atoms with E-state index in [2.05, 4.69) is 25.8 Å². The van der Waals surface area contributed by atoms with Gasteiger partial charge in [-0.25, -0.2) is 9.38 Å². The molecule has 1 unspecified atom stereocenters. The number of aromatic nitrogens is 3. The second-order valence-electron chi connectivity index (χ2n) is 6.71. The van der Waals surface area contributed by atoms with Gasteiger partial charge >= 0.3 is 0 Å². The van der Waals surface area contributed by atoms with Crippen LogP contribution in [0.5, 0.6) is 0 Å². The maximum Gasteiger partial charge on any atom is 0.191 e. The Morgan fingerprint density at radius 2 is 2.26 bits per heavy atom. The Labute approximate surface area is 159 Å². The number of nitrogens with one attached hydrogen (secondary N) is 2. The second kappa shape index (κ2) is 9.45. The molecule has 2 heterocycles. The highest BCUT2D eigenvalue weighted by atomic mass is 19.1. The molecule has 27 heavy (non-hydrogen) atoms. The summed E-state index contributed by atoms with van der Waals surface area (Å²) in [4.78, 5) is 4.62. The van der Waals surface area contributed by atoms with Crippen LogP contribution in [0.15, 0.2) is 29.3 Å². The summed E-state index contributed by atoms with van der Waals surface area (Å²) in [6, 6.07) is 6.66. The number of halogens is 1. The fourth-order valence-electron chi connectivity index (χ4n) is 2.95. The minimum absolute atomic E-state index is 0.212. The first kappa shape index (κ1) is 19.3. The summed E-state index contributed by atoms with van der Waals surface area (Å²) in [6.45, 7) is 4.53. The summed E-state index contributed by atoms with van der Waals surface area (Å²) in [5.41, 5.74) is 0.949. The molecular formula is C19H27FN6O. The molecule has 1 aromatic heterocycles. The van der Waals surface area contributed by atoms with Gasteiger partial charge in [0.25, 0.3) is 0 Å². The van der Waals surface area contributed by atoms with Crippen LogP contribution in [0.2, 0.25) is 0 Å². The van der Waals surface area contributed by atoms with Gasteiger partial charge in [0.1, 0.15) is 18.2 Å². The van der Waals surface area contributed by atoms with Crippen LogP contribution in [0.25, 0.3) is 0 Å². The SMILES string of the molecule is Cc1nnc(CN=C(NCCc2cccc(F)c2)NCC2CCCO2)n1C. The molecule has 2 aromatic rings. The van der Waals surface area contributed by atoms with Crippen molar-refractivity contribution in [3.05, 3.63) is 47.3 Å². The first-order valence-electron chi connectivity index (χ1n) is 9.35. The van der Waals surface area contributed by atoms with Crippen molar-refractivity contribution in [3.8, 4) is 0 Å². The highest BCUT2D eigenvalue weighted by Crippen LogP contribution is 2.10. The summed E-state index contributed by atoms with van der Waals surface area (Å²) in [7, 11) is 1.93. The zero-order chi connectivity index (χ0) is 19.1. The van der Waals surface area contributed by atoms with Gasteiger partial charge in [-0.15, -0.1) is 10.2 Å². The third-order valence-electron chi connectivity index (χ3n) is 4.68. The Bertz CT molecular complexity index is 769. The molecule has 1 atom stereocenters. The van der Waals surface area contributed by atoms with Crippen LogP contribution in [-0.4, -0.2) is 46.5 Å². The van der Waals surface area contributed by atoms with E-state index in [0.29, 0.717) is 32.0 Å². The average Bonchev–Trinajstić information content (AvgIpc) is 3.28. The van der Waals surface area contributed by atoms with E-state index in [1.54, 1.807) is 12.1 Å². The monoisotopic (exact) mass is 374 g/mol. The van der Waals surface area contributed by atoms with Gasteiger partial charge in [0, 0.05) is 26.7 Å². The van der Waals surface area contributed by atoms with Crippen molar-refractivity contribution in [2.45, 2.75) is 38.8 Å². The number of hydrogen-bond acceptors (Lipinski definition) is 4. The number of hydrogen-bond donors (Lipinski definition) is 2. The number of ether oxygens (including phenoxy) is 1. The molecule has 0 saturated carbocycles. The van der Waals surface area contributed by atoms with Gasteiger partial charge < -0.3 is 19.9 Å². The number of aliphatic imine (C=N–C) groups is 1. The van der Waals surface area contributed by atoms with Crippen LogP contribution in [0.3, 0.4) is 0 Å². The minimum atomic E-state index is -0.212. The predicted molar refractivity (Wildman–Crippen MR) is 102 cm³/mol. The third-order valence-corrected chi connectivity index (χ3v) is 4.68. The highest BCUT2D eigenvalue weighted by Gasteiger charge is 2.15. The third kappa shape index (κ3) is 5.75. The summed E-state index contributed by atoms with van der Waals surface area (Å²) < 4.78 is 20.9. The molecule has 3 rings (SSSR count). The molecule has 1 saturated heterocycles. The molecule has 146 valence electrons. The quantitative estimate of drug-likeness (QED) is 0.570. The minimum Gasteiger partial charge on any atom is -0.376 e. The average molecular weight is 374 g/mol. The lowest BCUT2D eigenvalue weighted by atomic mass is 10.1. The normalized spacial score (nSPS) is 17.3. The van der Waals surface area contributed by atoms with Crippen molar-refractivity contribution in [1.82, 2.24) is 25.4 Å². The topological polar surface area (TPSA) is 76.4 Å². The van der Waals surface area contributed by atoms with Gasteiger partial charge in [-0.05, 0) is 43.9 Å². The molecule has 8 heteroatoms. The standard InChI is InChI=1S/C19H27FN6O/c1-14-24-25-18(26(14)2)13-23-19(22-12-17-7-4-10-27-17)21-9-8-15-5-3-6-16(20)11-15/h3,5-6,11,17H,4,7-10,12-13H2,1-2H3,(H2,21,22,23). The Kier molecular flexibility index (Phi) is 6.75. The summed E-state index contributed by atoms with van der Waals surface area (Å²) in [5, 5.41) is 14.9. The van der Waals surface area contributed by atoms with Crippen LogP contribution in [-0.2, 0) is 24.8 Å². The Hall–Kier alpha value is -2.48. The van der Waals surface area contributed by atoms with Gasteiger partial charge in [0.2, 0.25) is 0 Å². The van der Waals surface area contributed by atoms with Crippen LogP contribution in [0.1, 0.15) is 30.1 Å². The molecular weight excluding hydrogens is 347 g/mol. The summed E-state index contributed by atoms with van der Waals surface area (Å²) in [6.07, 6.45) is 3.09. The lowest BCUT2D eigenvalue weighted by Gasteiger charge is -2.15. The summed E-state index contributed by atoms with van der Waals surface area (Å²) in [5.74, 6) is 2.14. The van der Waals surface area contributed by atoms with Crippen LogP contribution < -0.4 is 10.6 Å². The fraction of sp³-hybridized carbons (Fsp3) is 0.526. The lowest BCUT2D eigenvalue weighted by molar-refractivity contribution is 0.114. The van der Waals surface area contributed by atoms with Gasteiger partial charge in [-0.1, -0.05) is 12.1 Å². The van der Waals surface area contributed by atoms with E-state index in [0.717, 1.165) is 36.7 Å². The smallest absolute Gasteiger partial charge is 0.191 e. The van der Waals surface area contributed by atoms with E-state index in [-0.39, 0.29) is 11.9 Å². The van der Waals surface area contributed by atoms with E-state index >= 15 is 0 Å². The van der Waals surface area contributed by atoms with Crippen molar-refractivity contribution in [2.24, 2.45) is 12.0 Å². The molecule has 0 radical (unpaired) electrons. The second-order valence-corrected chi connectivity index (χ2v) is 6.71. The van der Waals surface area contributed by atoms with E-state index in [1.165, 1.54) is 6.07 Å². The van der Waals surface area contributed by atoms with E-state index < -0.39 is 0 Å². The Balaban J connectivity index is 1.57. The molecule has 0 bridgehead atoms. The molecule has 2 N–H and O–H groups in total. The highest BCUT2D eigenvalue weighted by molar-refractivity contribution is 5.79. The van der Waals surface area contributed by atoms with Crippen molar-refractivity contribution < 1.29 is 9.13 Å². The number of benzene rings is 1. The summed E-state index contributed by atoms with van der Waals surface area (Å²) >= 11 is 0. The number of aryl methyl sites for hydroxylation is 1.